The molecule has 7 nitrogen and oxygen atoms in total. The molecule has 19 heavy (non-hydrogen) atoms. The lowest BCUT2D eigenvalue weighted by molar-refractivity contribution is -0.142. The molecular weight excluding hydrogens is 268 g/mol. The fourth-order valence-electron chi connectivity index (χ4n) is 1.59. The van der Waals surface area contributed by atoms with Crippen LogP contribution in [0.4, 0.5) is 0 Å². The minimum atomic E-state index is -0.401. The Kier molecular flexibility index (Phi) is 6.65. The summed E-state index contributed by atoms with van der Waals surface area (Å²) < 4.78 is 6.30. The van der Waals surface area contributed by atoms with Crippen LogP contribution in [-0.2, 0) is 16.1 Å². The maximum absolute atomic E-state index is 11.5. The summed E-state index contributed by atoms with van der Waals surface area (Å²) >= 11 is 1.36. The molecule has 0 saturated heterocycles. The second kappa shape index (κ2) is 8.00. The Morgan fingerprint density at radius 1 is 1.58 bits per heavy atom. The fraction of sp³-hybridized carbons (Fsp3) is 0.727. The second-order valence-electron chi connectivity index (χ2n) is 3.91. The topological polar surface area (TPSA) is 89.0 Å². The lowest BCUT2D eigenvalue weighted by Crippen LogP contribution is -2.39. The number of ether oxygens (including phenoxy) is 1. The Bertz CT molecular complexity index is 457. The molecule has 0 fully saturated rings. The largest absolute Gasteiger partial charge is 0.468 e. The number of aromatic nitrogens is 3. The monoisotopic (exact) mass is 288 g/mol. The molecule has 108 valence electrons. The van der Waals surface area contributed by atoms with Crippen LogP contribution in [0.5, 0.6) is 0 Å². The molecule has 1 atom stereocenters. The van der Waals surface area contributed by atoms with Crippen molar-refractivity contribution in [2.24, 2.45) is 0 Å². The van der Waals surface area contributed by atoms with Gasteiger partial charge in [0.25, 0.3) is 0 Å². The molecule has 0 spiro atoms. The number of esters is 1. The molecule has 1 heterocycles. The Morgan fingerprint density at radius 3 is 2.89 bits per heavy atom. The quantitative estimate of drug-likeness (QED) is 0.525. The van der Waals surface area contributed by atoms with Crippen LogP contribution in [0.3, 0.4) is 0 Å². The first-order valence-electron chi connectivity index (χ1n) is 6.23. The standard InChI is InChI=1S/C11H20N4O3S/c1-4-6-15-10(17)13-14-11(15)19-7-8(12-5-2)9(16)18-3/h8,12H,4-7H2,1-3H3,(H,13,17). The number of H-pyrrole nitrogens is 1. The molecular formula is C11H20N4O3S. The number of rotatable bonds is 8. The molecule has 0 bridgehead atoms. The highest BCUT2D eigenvalue weighted by atomic mass is 32.2. The number of carbonyl (C=O) groups is 1. The second-order valence-corrected chi connectivity index (χ2v) is 4.89. The van der Waals surface area contributed by atoms with E-state index in [2.05, 4.69) is 15.5 Å². The number of thioether (sulfide) groups is 1. The lowest BCUT2D eigenvalue weighted by atomic mass is 10.3. The zero-order valence-corrected chi connectivity index (χ0v) is 12.2. The number of likely N-dealkylation sites (N-methyl/N-ethyl adjacent to an activating group) is 1. The molecule has 0 aliphatic heterocycles. The van der Waals surface area contributed by atoms with E-state index in [1.54, 1.807) is 4.57 Å². The summed E-state index contributed by atoms with van der Waals surface area (Å²) in [5, 5.41) is 10.0. The van der Waals surface area contributed by atoms with Gasteiger partial charge in [-0.3, -0.25) is 9.36 Å². The minimum absolute atomic E-state index is 0.220. The average Bonchev–Trinajstić information content (AvgIpc) is 2.75. The van der Waals surface area contributed by atoms with Crippen LogP contribution in [0.25, 0.3) is 0 Å². The third kappa shape index (κ3) is 4.39. The van der Waals surface area contributed by atoms with Crippen molar-refractivity contribution in [3.8, 4) is 0 Å². The number of aromatic amines is 1. The number of nitrogens with one attached hydrogen (secondary N) is 2. The third-order valence-corrected chi connectivity index (χ3v) is 3.56. The van der Waals surface area contributed by atoms with E-state index in [4.69, 9.17) is 4.74 Å². The average molecular weight is 288 g/mol. The maximum Gasteiger partial charge on any atom is 0.343 e. The number of hydrogen-bond acceptors (Lipinski definition) is 6. The number of methoxy groups -OCH3 is 1. The van der Waals surface area contributed by atoms with E-state index in [-0.39, 0.29) is 11.7 Å². The maximum atomic E-state index is 11.5. The molecule has 2 N–H and O–H groups in total. The summed E-state index contributed by atoms with van der Waals surface area (Å²) in [6.45, 7) is 5.19. The van der Waals surface area contributed by atoms with Gasteiger partial charge in [-0.25, -0.2) is 9.89 Å². The molecule has 8 heteroatoms. The molecule has 0 aliphatic rings. The van der Waals surface area contributed by atoms with Gasteiger partial charge in [-0.15, -0.1) is 5.10 Å². The number of hydrogen-bond donors (Lipinski definition) is 2. The zero-order valence-electron chi connectivity index (χ0n) is 11.4. The van der Waals surface area contributed by atoms with Crippen molar-refractivity contribution in [2.75, 3.05) is 19.4 Å². The molecule has 0 saturated carbocycles. The Hall–Kier alpha value is -1.28. The third-order valence-electron chi connectivity index (χ3n) is 2.49. The predicted octanol–water partition coefficient (Wildman–Crippen LogP) is 0.225. The van der Waals surface area contributed by atoms with Crippen LogP contribution >= 0.6 is 11.8 Å². The van der Waals surface area contributed by atoms with Gasteiger partial charge in [0.15, 0.2) is 5.16 Å². The molecule has 1 aromatic heterocycles. The summed E-state index contributed by atoms with van der Waals surface area (Å²) in [7, 11) is 1.36. The SMILES string of the molecule is CCCn1c(SCC(NCC)C(=O)OC)n[nH]c1=O. The van der Waals surface area contributed by atoms with E-state index in [9.17, 15) is 9.59 Å². The van der Waals surface area contributed by atoms with Crippen molar-refractivity contribution in [1.29, 1.82) is 0 Å². The highest BCUT2D eigenvalue weighted by Gasteiger charge is 2.19. The fourth-order valence-corrected chi connectivity index (χ4v) is 2.60. The smallest absolute Gasteiger partial charge is 0.343 e. The summed E-state index contributed by atoms with van der Waals surface area (Å²) in [5.74, 6) is 0.156. The van der Waals surface area contributed by atoms with Crippen LogP contribution < -0.4 is 11.0 Å². The van der Waals surface area contributed by atoms with Crippen molar-refractivity contribution >= 4 is 17.7 Å². The van der Waals surface area contributed by atoms with Crippen molar-refractivity contribution in [1.82, 2.24) is 20.1 Å². The zero-order chi connectivity index (χ0) is 14.3. The van der Waals surface area contributed by atoms with Crippen LogP contribution in [0, 0.1) is 0 Å². The highest BCUT2D eigenvalue weighted by molar-refractivity contribution is 7.99. The first-order chi connectivity index (χ1) is 9.13. The van der Waals surface area contributed by atoms with E-state index in [0.29, 0.717) is 24.0 Å². The Labute approximate surface area is 116 Å². The summed E-state index contributed by atoms with van der Waals surface area (Å²) in [6.07, 6.45) is 0.848. The van der Waals surface area contributed by atoms with Gasteiger partial charge in [0.05, 0.1) is 7.11 Å². The lowest BCUT2D eigenvalue weighted by Gasteiger charge is -2.14. The number of nitrogens with zero attached hydrogens (tertiary/aromatic N) is 2. The van der Waals surface area contributed by atoms with Gasteiger partial charge in [0.2, 0.25) is 0 Å². The molecule has 1 aromatic rings. The Morgan fingerprint density at radius 2 is 2.32 bits per heavy atom. The molecule has 0 amide bonds. The summed E-state index contributed by atoms with van der Waals surface area (Å²) in [6, 6.07) is -0.401. The van der Waals surface area contributed by atoms with Crippen molar-refractivity contribution < 1.29 is 9.53 Å². The van der Waals surface area contributed by atoms with Gasteiger partial charge < -0.3 is 10.1 Å². The van der Waals surface area contributed by atoms with E-state index in [1.807, 2.05) is 13.8 Å². The van der Waals surface area contributed by atoms with Crippen LogP contribution in [0.2, 0.25) is 0 Å². The van der Waals surface area contributed by atoms with Crippen molar-refractivity contribution in [3.63, 3.8) is 0 Å². The number of carbonyl (C=O) groups excluding carboxylic acids is 1. The Balaban J connectivity index is 2.68. The first kappa shape index (κ1) is 15.8. The van der Waals surface area contributed by atoms with Crippen LogP contribution in [0.15, 0.2) is 9.95 Å². The molecule has 0 aliphatic carbocycles. The van der Waals surface area contributed by atoms with Crippen molar-refractivity contribution in [2.45, 2.75) is 38.0 Å². The molecule has 1 rings (SSSR count). The molecule has 0 radical (unpaired) electrons. The van der Waals surface area contributed by atoms with E-state index in [1.165, 1.54) is 18.9 Å². The first-order valence-corrected chi connectivity index (χ1v) is 7.21. The van der Waals surface area contributed by atoms with Gasteiger partial charge in [-0.1, -0.05) is 25.6 Å². The van der Waals surface area contributed by atoms with Crippen LogP contribution in [0.1, 0.15) is 20.3 Å². The normalized spacial score (nSPS) is 12.4. The van der Waals surface area contributed by atoms with E-state index < -0.39 is 6.04 Å². The van der Waals surface area contributed by atoms with E-state index in [0.717, 1.165) is 6.42 Å². The van der Waals surface area contributed by atoms with E-state index >= 15 is 0 Å². The predicted molar refractivity (Wildman–Crippen MR) is 73.3 cm³/mol. The van der Waals surface area contributed by atoms with Crippen molar-refractivity contribution in [3.05, 3.63) is 10.5 Å². The molecule has 1 unspecified atom stereocenters. The summed E-state index contributed by atoms with van der Waals surface area (Å²) in [5.41, 5.74) is -0.220. The summed E-state index contributed by atoms with van der Waals surface area (Å²) in [4.78, 5) is 23.1. The van der Waals surface area contributed by atoms with Gasteiger partial charge >= 0.3 is 11.7 Å². The minimum Gasteiger partial charge on any atom is -0.468 e. The van der Waals surface area contributed by atoms with Gasteiger partial charge in [0.1, 0.15) is 6.04 Å². The van der Waals surface area contributed by atoms with Gasteiger partial charge in [-0.05, 0) is 13.0 Å². The molecule has 0 aromatic carbocycles. The van der Waals surface area contributed by atoms with Crippen LogP contribution in [-0.4, -0.2) is 46.2 Å². The van der Waals surface area contributed by atoms with Gasteiger partial charge in [-0.2, -0.15) is 0 Å². The highest BCUT2D eigenvalue weighted by Crippen LogP contribution is 2.15. The van der Waals surface area contributed by atoms with Gasteiger partial charge in [0, 0.05) is 12.3 Å².